The van der Waals surface area contributed by atoms with Gasteiger partial charge in [0.05, 0.1) is 35.1 Å². The molecule has 2 N–H and O–H groups in total. The SMILES string of the molecule is Cc1cc2cc(n1)-c1cnn(C)c1OCCC[C@@H](C1CC1)Cn1c(nc3cc(NC4CCC(N(C)C)C4)ccc31)NC2=O. The van der Waals surface area contributed by atoms with E-state index >= 15 is 0 Å². The summed E-state index contributed by atoms with van der Waals surface area (Å²) in [6.45, 7) is 3.32. The molecular weight excluding hydrogens is 540 g/mol. The molecule has 4 heterocycles. The summed E-state index contributed by atoms with van der Waals surface area (Å²) in [7, 11) is 6.21. The van der Waals surface area contributed by atoms with Crippen LogP contribution in [0.5, 0.6) is 5.88 Å². The van der Waals surface area contributed by atoms with Crippen molar-refractivity contribution in [1.82, 2.24) is 29.2 Å². The maximum absolute atomic E-state index is 13.8. The fourth-order valence-corrected chi connectivity index (χ4v) is 6.97. The van der Waals surface area contributed by atoms with Gasteiger partial charge in [-0.05, 0) is 108 Å². The topological polar surface area (TPSA) is 102 Å². The van der Waals surface area contributed by atoms with Gasteiger partial charge in [-0.25, -0.2) is 9.67 Å². The van der Waals surface area contributed by atoms with E-state index in [1.54, 1.807) is 10.9 Å². The third-order valence-corrected chi connectivity index (χ3v) is 9.52. The number of pyridine rings is 1. The molecule has 2 saturated carbocycles. The Hall–Kier alpha value is -3.92. The first-order valence-corrected chi connectivity index (χ1v) is 15.7. The molecule has 1 aliphatic heterocycles. The summed E-state index contributed by atoms with van der Waals surface area (Å²) in [5.41, 5.74) is 5.78. The smallest absolute Gasteiger partial charge is 0.258 e. The molecule has 3 aromatic heterocycles. The van der Waals surface area contributed by atoms with E-state index in [1.165, 1.54) is 19.3 Å². The van der Waals surface area contributed by atoms with Crippen molar-refractivity contribution >= 4 is 28.6 Å². The molecule has 0 radical (unpaired) electrons. The number of ether oxygens (including phenoxy) is 1. The van der Waals surface area contributed by atoms with Crippen LogP contribution in [0.4, 0.5) is 11.6 Å². The molecule has 3 aliphatic rings. The molecular formula is C33H42N8O2. The molecule has 0 spiro atoms. The summed E-state index contributed by atoms with van der Waals surface area (Å²) in [4.78, 5) is 25.8. The third kappa shape index (κ3) is 5.72. The number of carbonyl (C=O) groups is 1. The van der Waals surface area contributed by atoms with E-state index in [9.17, 15) is 4.79 Å². The van der Waals surface area contributed by atoms with Crippen molar-refractivity contribution in [3.8, 4) is 17.1 Å². The Kier molecular flexibility index (Phi) is 7.33. The van der Waals surface area contributed by atoms with E-state index < -0.39 is 0 Å². The lowest BCUT2D eigenvalue weighted by atomic mass is 9.97. The Bertz CT molecular complexity index is 1650. The summed E-state index contributed by atoms with van der Waals surface area (Å²) >= 11 is 0. The van der Waals surface area contributed by atoms with Crippen LogP contribution < -0.4 is 15.4 Å². The van der Waals surface area contributed by atoms with Crippen LogP contribution in [0.15, 0.2) is 36.5 Å². The number of aromatic nitrogens is 5. The Morgan fingerprint density at radius 1 is 1.05 bits per heavy atom. The Balaban J connectivity index is 1.24. The minimum absolute atomic E-state index is 0.202. The van der Waals surface area contributed by atoms with Crippen molar-refractivity contribution in [3.05, 3.63) is 47.8 Å². The molecule has 4 aromatic rings. The maximum Gasteiger partial charge on any atom is 0.258 e. The number of amides is 1. The molecule has 7 rings (SSSR count). The van der Waals surface area contributed by atoms with Crippen LogP contribution in [0.25, 0.3) is 22.3 Å². The maximum atomic E-state index is 13.8. The van der Waals surface area contributed by atoms with Crippen LogP contribution >= 0.6 is 0 Å². The summed E-state index contributed by atoms with van der Waals surface area (Å²) < 4.78 is 10.3. The number of anilines is 2. The van der Waals surface area contributed by atoms with Crippen molar-refractivity contribution in [2.75, 3.05) is 31.3 Å². The average Bonchev–Trinajstić information content (AvgIpc) is 3.46. The fraction of sp³-hybridized carbons (Fsp3) is 0.515. The summed E-state index contributed by atoms with van der Waals surface area (Å²) in [6.07, 6.45) is 9.78. The first-order valence-electron chi connectivity index (χ1n) is 15.7. The van der Waals surface area contributed by atoms with Crippen LogP contribution in [0.1, 0.15) is 61.0 Å². The fourth-order valence-electron chi connectivity index (χ4n) is 6.97. The molecule has 2 bridgehead atoms. The zero-order chi connectivity index (χ0) is 29.7. The lowest BCUT2D eigenvalue weighted by Gasteiger charge is -2.20. The zero-order valence-corrected chi connectivity index (χ0v) is 25.6. The van der Waals surface area contributed by atoms with Crippen LogP contribution in [-0.4, -0.2) is 67.9 Å². The van der Waals surface area contributed by atoms with Crippen molar-refractivity contribution in [1.29, 1.82) is 0 Å². The van der Waals surface area contributed by atoms with Gasteiger partial charge in [-0.1, -0.05) is 0 Å². The first kappa shape index (κ1) is 27.9. The molecule has 2 aliphatic carbocycles. The predicted molar refractivity (Wildman–Crippen MR) is 169 cm³/mol. The van der Waals surface area contributed by atoms with Gasteiger partial charge in [0, 0.05) is 42.6 Å². The number of nitrogens with zero attached hydrogens (tertiary/aromatic N) is 6. The van der Waals surface area contributed by atoms with Crippen molar-refractivity contribution in [3.63, 3.8) is 0 Å². The van der Waals surface area contributed by atoms with E-state index in [0.29, 0.717) is 53.6 Å². The molecule has 3 atom stereocenters. The number of carbonyl (C=O) groups excluding carboxylic acids is 1. The monoisotopic (exact) mass is 582 g/mol. The Labute approximate surface area is 252 Å². The van der Waals surface area contributed by atoms with E-state index in [4.69, 9.17) is 14.7 Å². The van der Waals surface area contributed by atoms with E-state index in [1.807, 2.05) is 26.1 Å². The summed E-state index contributed by atoms with van der Waals surface area (Å²) in [6, 6.07) is 11.2. The summed E-state index contributed by atoms with van der Waals surface area (Å²) in [5, 5.41) is 11.4. The standard InChI is InChI=1S/C33H42N8O2/c1-20-14-23-15-28(35-20)27-18-34-40(4)32(27)43-13-5-6-22(21-7-8-21)19-41-30-12-10-25(17-29(30)37-33(41)38-31(23)42)36-24-9-11-26(16-24)39(2)3/h10,12,14-15,17-18,21-22,24,26,36H,5-9,11,13,16,19H2,1-4H3,(H,37,38,42)/t22-,24?,26?/m1/s1. The Morgan fingerprint density at radius 3 is 2.70 bits per heavy atom. The second-order valence-corrected chi connectivity index (χ2v) is 12.9. The van der Waals surface area contributed by atoms with Crippen LogP contribution in [0, 0.1) is 18.8 Å². The van der Waals surface area contributed by atoms with Gasteiger partial charge in [-0.15, -0.1) is 0 Å². The minimum Gasteiger partial charge on any atom is -0.477 e. The molecule has 0 saturated heterocycles. The van der Waals surface area contributed by atoms with Gasteiger partial charge in [-0.2, -0.15) is 5.10 Å². The number of hydrogen-bond donors (Lipinski definition) is 2. The van der Waals surface area contributed by atoms with Crippen LogP contribution in [0.3, 0.4) is 0 Å². The van der Waals surface area contributed by atoms with Gasteiger partial charge in [0.1, 0.15) is 0 Å². The minimum atomic E-state index is -0.202. The average molecular weight is 583 g/mol. The van der Waals surface area contributed by atoms with Crippen LogP contribution in [0.2, 0.25) is 0 Å². The van der Waals surface area contributed by atoms with Gasteiger partial charge >= 0.3 is 0 Å². The zero-order valence-electron chi connectivity index (χ0n) is 25.6. The molecule has 2 unspecified atom stereocenters. The number of benzene rings is 1. The first-order chi connectivity index (χ1) is 20.8. The molecule has 2 fully saturated rings. The second-order valence-electron chi connectivity index (χ2n) is 12.9. The third-order valence-electron chi connectivity index (χ3n) is 9.52. The number of imidazole rings is 1. The van der Waals surface area contributed by atoms with Crippen molar-refractivity contribution in [2.24, 2.45) is 18.9 Å². The lowest BCUT2D eigenvalue weighted by molar-refractivity contribution is 0.102. The molecule has 226 valence electrons. The van der Waals surface area contributed by atoms with Gasteiger partial charge in [0.15, 0.2) is 0 Å². The van der Waals surface area contributed by atoms with E-state index in [-0.39, 0.29) is 5.91 Å². The number of fused-ring (bicyclic) bond motifs is 7. The highest BCUT2D eigenvalue weighted by Crippen LogP contribution is 2.41. The normalized spacial score (nSPS) is 22.8. The largest absolute Gasteiger partial charge is 0.477 e. The van der Waals surface area contributed by atoms with Gasteiger partial charge in [0.25, 0.3) is 5.91 Å². The Morgan fingerprint density at radius 2 is 1.91 bits per heavy atom. The molecule has 10 nitrogen and oxygen atoms in total. The highest BCUT2D eigenvalue weighted by molar-refractivity contribution is 6.05. The summed E-state index contributed by atoms with van der Waals surface area (Å²) in [5.74, 6) is 2.25. The van der Waals surface area contributed by atoms with Crippen molar-refractivity contribution < 1.29 is 9.53 Å². The predicted octanol–water partition coefficient (Wildman–Crippen LogP) is 5.49. The lowest BCUT2D eigenvalue weighted by Crippen LogP contribution is -2.26. The quantitative estimate of drug-likeness (QED) is 0.328. The number of nitrogens with one attached hydrogen (secondary N) is 2. The van der Waals surface area contributed by atoms with Gasteiger partial charge in [-0.3, -0.25) is 15.1 Å². The number of rotatable bonds is 4. The second kappa shape index (κ2) is 11.3. The number of hydrogen-bond acceptors (Lipinski definition) is 7. The molecule has 10 heteroatoms. The van der Waals surface area contributed by atoms with Gasteiger partial charge in [0.2, 0.25) is 11.8 Å². The van der Waals surface area contributed by atoms with Crippen LogP contribution in [-0.2, 0) is 13.6 Å². The van der Waals surface area contributed by atoms with E-state index in [0.717, 1.165) is 60.2 Å². The van der Waals surface area contributed by atoms with E-state index in [2.05, 4.69) is 57.5 Å². The highest BCUT2D eigenvalue weighted by atomic mass is 16.5. The van der Waals surface area contributed by atoms with Crippen molar-refractivity contribution in [2.45, 2.75) is 70.5 Å². The highest BCUT2D eigenvalue weighted by Gasteiger charge is 2.33. The molecule has 43 heavy (non-hydrogen) atoms. The van der Waals surface area contributed by atoms with Gasteiger partial charge < -0.3 is 19.5 Å². The molecule has 1 aromatic carbocycles. The molecule has 1 amide bonds. The number of aryl methyl sites for hydroxylation is 2.